The average molecular weight is 448 g/mol. The van der Waals surface area contributed by atoms with Crippen LogP contribution in [0.3, 0.4) is 0 Å². The van der Waals surface area contributed by atoms with Crippen molar-refractivity contribution >= 4 is 39.1 Å². The molecular formula is C20H22BrN3O4. The SMILES string of the molecule is C[C@H](C(=O)Nc1ccc2c(c1)OCCO2)N(C)CC(=O)Nc1ccccc1Br. The quantitative estimate of drug-likeness (QED) is 0.710. The molecule has 3 rings (SSSR count). The Kier molecular flexibility index (Phi) is 6.53. The van der Waals surface area contributed by atoms with Crippen LogP contribution >= 0.6 is 15.9 Å². The number of likely N-dealkylation sites (N-methyl/N-ethyl adjacent to an activating group) is 1. The maximum atomic E-state index is 12.6. The average Bonchev–Trinajstić information content (AvgIpc) is 2.69. The fourth-order valence-electron chi connectivity index (χ4n) is 2.68. The Morgan fingerprint density at radius 1 is 1.11 bits per heavy atom. The number of para-hydroxylation sites is 1. The summed E-state index contributed by atoms with van der Waals surface area (Å²) in [5.41, 5.74) is 1.31. The van der Waals surface area contributed by atoms with Gasteiger partial charge in [0.2, 0.25) is 11.8 Å². The van der Waals surface area contributed by atoms with Gasteiger partial charge in [-0.2, -0.15) is 0 Å². The number of hydrogen-bond acceptors (Lipinski definition) is 5. The standard InChI is InChI=1S/C20H22BrN3O4/c1-13(24(2)12-19(25)23-16-6-4-3-5-15(16)21)20(26)22-14-7-8-17-18(11-14)28-10-9-27-17/h3-8,11,13H,9-10,12H2,1-2H3,(H,22,26)(H,23,25)/t13-/m1/s1. The number of rotatable bonds is 6. The van der Waals surface area contributed by atoms with Gasteiger partial charge in [0, 0.05) is 16.2 Å². The molecule has 0 aromatic heterocycles. The van der Waals surface area contributed by atoms with E-state index >= 15 is 0 Å². The van der Waals surface area contributed by atoms with Crippen LogP contribution in [-0.4, -0.2) is 49.6 Å². The van der Waals surface area contributed by atoms with Gasteiger partial charge in [-0.25, -0.2) is 0 Å². The van der Waals surface area contributed by atoms with Gasteiger partial charge in [0.1, 0.15) is 13.2 Å². The van der Waals surface area contributed by atoms with Crippen molar-refractivity contribution in [2.45, 2.75) is 13.0 Å². The van der Waals surface area contributed by atoms with E-state index in [2.05, 4.69) is 26.6 Å². The monoisotopic (exact) mass is 447 g/mol. The third-order valence-corrected chi connectivity index (χ3v) is 5.08. The molecule has 2 aromatic carbocycles. The minimum absolute atomic E-state index is 0.0804. The topological polar surface area (TPSA) is 79.9 Å². The van der Waals surface area contributed by atoms with Crippen molar-refractivity contribution < 1.29 is 19.1 Å². The van der Waals surface area contributed by atoms with Crippen LogP contribution < -0.4 is 20.1 Å². The molecular weight excluding hydrogens is 426 g/mol. The third kappa shape index (κ3) is 5.02. The summed E-state index contributed by atoms with van der Waals surface area (Å²) in [6, 6.07) is 12.1. The Bertz CT molecular complexity index is 874. The molecule has 0 saturated carbocycles. The van der Waals surface area contributed by atoms with Gasteiger partial charge in [0.05, 0.1) is 18.3 Å². The summed E-state index contributed by atoms with van der Waals surface area (Å²) in [6.45, 7) is 2.83. The molecule has 0 spiro atoms. The number of fused-ring (bicyclic) bond motifs is 1. The maximum absolute atomic E-state index is 12.6. The van der Waals surface area contributed by atoms with Crippen molar-refractivity contribution in [1.82, 2.24) is 4.90 Å². The van der Waals surface area contributed by atoms with Crippen LogP contribution in [0.25, 0.3) is 0 Å². The van der Waals surface area contributed by atoms with Crippen molar-refractivity contribution in [3.63, 3.8) is 0 Å². The van der Waals surface area contributed by atoms with E-state index in [1.165, 1.54) is 0 Å². The Labute approximate surface area is 172 Å². The molecule has 0 radical (unpaired) electrons. The molecule has 2 aromatic rings. The van der Waals surface area contributed by atoms with Gasteiger partial charge in [0.15, 0.2) is 11.5 Å². The van der Waals surface area contributed by atoms with Crippen molar-refractivity contribution in [1.29, 1.82) is 0 Å². The summed E-state index contributed by atoms with van der Waals surface area (Å²) in [7, 11) is 1.73. The van der Waals surface area contributed by atoms with Gasteiger partial charge in [-0.05, 0) is 54.2 Å². The fourth-order valence-corrected chi connectivity index (χ4v) is 3.07. The lowest BCUT2D eigenvalue weighted by Crippen LogP contribution is -2.43. The van der Waals surface area contributed by atoms with Crippen LogP contribution in [0.15, 0.2) is 46.9 Å². The molecule has 1 heterocycles. The van der Waals surface area contributed by atoms with Crippen molar-refractivity contribution in [2.24, 2.45) is 0 Å². The highest BCUT2D eigenvalue weighted by Crippen LogP contribution is 2.32. The smallest absolute Gasteiger partial charge is 0.241 e. The number of ether oxygens (including phenoxy) is 2. The van der Waals surface area contributed by atoms with E-state index in [4.69, 9.17) is 9.47 Å². The zero-order chi connectivity index (χ0) is 20.1. The first-order valence-electron chi connectivity index (χ1n) is 8.89. The van der Waals surface area contributed by atoms with Crippen molar-refractivity contribution in [2.75, 3.05) is 37.4 Å². The van der Waals surface area contributed by atoms with E-state index in [1.54, 1.807) is 43.1 Å². The molecule has 0 fully saturated rings. The van der Waals surface area contributed by atoms with E-state index < -0.39 is 6.04 Å². The molecule has 7 nitrogen and oxygen atoms in total. The molecule has 2 N–H and O–H groups in total. The molecule has 0 bridgehead atoms. The summed E-state index contributed by atoms with van der Waals surface area (Å²) in [6.07, 6.45) is 0. The van der Waals surface area contributed by atoms with Crippen LogP contribution in [0.5, 0.6) is 11.5 Å². The van der Waals surface area contributed by atoms with E-state index in [-0.39, 0.29) is 18.4 Å². The zero-order valence-electron chi connectivity index (χ0n) is 15.7. The first kappa shape index (κ1) is 20.2. The Morgan fingerprint density at radius 3 is 2.57 bits per heavy atom. The lowest BCUT2D eigenvalue weighted by molar-refractivity contribution is -0.122. The minimum Gasteiger partial charge on any atom is -0.486 e. The second kappa shape index (κ2) is 9.07. The van der Waals surface area contributed by atoms with Gasteiger partial charge < -0.3 is 20.1 Å². The summed E-state index contributed by atoms with van der Waals surface area (Å²) < 4.78 is 11.8. The van der Waals surface area contributed by atoms with Gasteiger partial charge in [0.25, 0.3) is 0 Å². The predicted octanol–water partition coefficient (Wildman–Crippen LogP) is 3.12. The highest BCUT2D eigenvalue weighted by Gasteiger charge is 2.21. The Morgan fingerprint density at radius 2 is 1.82 bits per heavy atom. The van der Waals surface area contributed by atoms with E-state index in [0.29, 0.717) is 36.1 Å². The van der Waals surface area contributed by atoms with E-state index in [1.807, 2.05) is 18.2 Å². The molecule has 1 aliphatic rings. The summed E-state index contributed by atoms with van der Waals surface area (Å²) in [4.78, 5) is 26.5. The first-order valence-corrected chi connectivity index (χ1v) is 9.68. The maximum Gasteiger partial charge on any atom is 0.241 e. The van der Waals surface area contributed by atoms with Crippen LogP contribution in [0.2, 0.25) is 0 Å². The summed E-state index contributed by atoms with van der Waals surface area (Å²) >= 11 is 3.39. The van der Waals surface area contributed by atoms with Gasteiger partial charge in [-0.3, -0.25) is 14.5 Å². The number of halogens is 1. The lowest BCUT2D eigenvalue weighted by Gasteiger charge is -2.24. The van der Waals surface area contributed by atoms with E-state index in [0.717, 1.165) is 4.47 Å². The number of nitrogens with zero attached hydrogens (tertiary/aromatic N) is 1. The number of hydrogen-bond donors (Lipinski definition) is 2. The summed E-state index contributed by atoms with van der Waals surface area (Å²) in [5, 5.41) is 5.68. The van der Waals surface area contributed by atoms with Gasteiger partial charge in [-0.1, -0.05) is 12.1 Å². The molecule has 148 valence electrons. The Hall–Kier alpha value is -2.58. The second-order valence-electron chi connectivity index (χ2n) is 6.47. The number of amides is 2. The predicted molar refractivity (Wildman–Crippen MR) is 111 cm³/mol. The molecule has 8 heteroatoms. The number of carbonyl (C=O) groups is 2. The van der Waals surface area contributed by atoms with Crippen LogP contribution in [0.1, 0.15) is 6.92 Å². The van der Waals surface area contributed by atoms with Crippen LogP contribution in [0, 0.1) is 0 Å². The highest BCUT2D eigenvalue weighted by molar-refractivity contribution is 9.10. The molecule has 0 aliphatic carbocycles. The van der Waals surface area contributed by atoms with Gasteiger partial charge >= 0.3 is 0 Å². The van der Waals surface area contributed by atoms with Crippen molar-refractivity contribution in [3.05, 3.63) is 46.9 Å². The molecule has 0 saturated heterocycles. The lowest BCUT2D eigenvalue weighted by atomic mass is 10.2. The van der Waals surface area contributed by atoms with Crippen LogP contribution in [-0.2, 0) is 9.59 Å². The third-order valence-electron chi connectivity index (χ3n) is 4.39. The number of carbonyl (C=O) groups excluding carboxylic acids is 2. The molecule has 1 aliphatic heterocycles. The number of benzene rings is 2. The molecule has 28 heavy (non-hydrogen) atoms. The second-order valence-corrected chi connectivity index (χ2v) is 7.32. The molecule has 0 unspecified atom stereocenters. The number of nitrogens with one attached hydrogen (secondary N) is 2. The Balaban J connectivity index is 1.55. The number of anilines is 2. The molecule has 2 amide bonds. The zero-order valence-corrected chi connectivity index (χ0v) is 17.3. The fraction of sp³-hybridized carbons (Fsp3) is 0.300. The highest BCUT2D eigenvalue weighted by atomic mass is 79.9. The minimum atomic E-state index is -0.502. The normalized spacial score (nSPS) is 13.7. The van der Waals surface area contributed by atoms with Crippen LogP contribution in [0.4, 0.5) is 11.4 Å². The first-order chi connectivity index (χ1) is 13.4. The van der Waals surface area contributed by atoms with Crippen molar-refractivity contribution in [3.8, 4) is 11.5 Å². The molecule has 1 atom stereocenters. The summed E-state index contributed by atoms with van der Waals surface area (Å²) in [5.74, 6) is 0.859. The largest absolute Gasteiger partial charge is 0.486 e. The van der Waals surface area contributed by atoms with E-state index in [9.17, 15) is 9.59 Å². The van der Waals surface area contributed by atoms with Gasteiger partial charge in [-0.15, -0.1) is 0 Å².